The second-order valence-electron chi connectivity index (χ2n) is 9.06. The minimum absolute atomic E-state index is 0.106. The smallest absolute Gasteiger partial charge is 0.315 e. The van der Waals surface area contributed by atoms with Gasteiger partial charge in [-0.15, -0.1) is 0 Å². The summed E-state index contributed by atoms with van der Waals surface area (Å²) in [5, 5.41) is 0. The lowest BCUT2D eigenvalue weighted by Gasteiger charge is -2.50. The first kappa shape index (κ1) is 23.4. The van der Waals surface area contributed by atoms with Crippen molar-refractivity contribution in [2.75, 3.05) is 19.8 Å². The molecule has 0 aliphatic heterocycles. The van der Waals surface area contributed by atoms with Crippen LogP contribution < -0.4 is 0 Å². The summed E-state index contributed by atoms with van der Waals surface area (Å²) >= 11 is 0. The molecule has 0 N–H and O–H groups in total. The Morgan fingerprint density at radius 2 is 1.50 bits per heavy atom. The Morgan fingerprint density at radius 1 is 0.958 bits per heavy atom. The Balaban J connectivity index is 5.37. The lowest BCUT2D eigenvalue weighted by atomic mass is 9.54. The first-order chi connectivity index (χ1) is 11.0. The van der Waals surface area contributed by atoms with E-state index in [2.05, 4.69) is 55.4 Å². The van der Waals surface area contributed by atoms with Crippen molar-refractivity contribution in [1.82, 2.24) is 0 Å². The van der Waals surface area contributed by atoms with Gasteiger partial charge in [0, 0.05) is 6.61 Å². The summed E-state index contributed by atoms with van der Waals surface area (Å²) in [5.41, 5.74) is -1.16. The standard InChI is InChI=1S/C21H42O3/c1-10-13-14-17(11-2)15-24-18(22)21(16-23-12-3,19(4,5)6)20(7,8)9/h17H,10-16H2,1-9H3. The van der Waals surface area contributed by atoms with E-state index in [1.807, 2.05) is 6.92 Å². The van der Waals surface area contributed by atoms with E-state index in [4.69, 9.17) is 9.47 Å². The van der Waals surface area contributed by atoms with Crippen molar-refractivity contribution in [3.8, 4) is 0 Å². The van der Waals surface area contributed by atoms with Crippen LogP contribution in [0.4, 0.5) is 0 Å². The van der Waals surface area contributed by atoms with Gasteiger partial charge in [0.25, 0.3) is 0 Å². The minimum atomic E-state index is -0.668. The van der Waals surface area contributed by atoms with Crippen molar-refractivity contribution < 1.29 is 14.3 Å². The topological polar surface area (TPSA) is 35.5 Å². The first-order valence-electron chi connectivity index (χ1n) is 9.72. The minimum Gasteiger partial charge on any atom is -0.465 e. The SMILES string of the molecule is CCCCC(CC)COC(=O)C(COCC)(C(C)(C)C)C(C)(C)C. The Bertz CT molecular complexity index is 346. The number of esters is 1. The van der Waals surface area contributed by atoms with E-state index in [0.717, 1.165) is 12.8 Å². The average molecular weight is 343 g/mol. The lowest BCUT2D eigenvalue weighted by molar-refractivity contribution is -0.186. The molecule has 0 aromatic rings. The van der Waals surface area contributed by atoms with Gasteiger partial charge in [0.05, 0.1) is 13.2 Å². The van der Waals surface area contributed by atoms with Crippen LogP contribution >= 0.6 is 0 Å². The van der Waals surface area contributed by atoms with Crippen LogP contribution in [0.1, 0.15) is 88.0 Å². The molecule has 0 bridgehead atoms. The molecule has 24 heavy (non-hydrogen) atoms. The van der Waals surface area contributed by atoms with Crippen molar-refractivity contribution in [3.63, 3.8) is 0 Å². The molecule has 0 spiro atoms. The van der Waals surface area contributed by atoms with Gasteiger partial charge in [0.1, 0.15) is 5.41 Å². The van der Waals surface area contributed by atoms with Gasteiger partial charge >= 0.3 is 5.97 Å². The van der Waals surface area contributed by atoms with Gasteiger partial charge in [0.15, 0.2) is 0 Å². The number of rotatable bonds is 10. The van der Waals surface area contributed by atoms with Crippen LogP contribution in [-0.2, 0) is 14.3 Å². The van der Waals surface area contributed by atoms with E-state index in [1.54, 1.807) is 0 Å². The molecule has 0 heterocycles. The van der Waals surface area contributed by atoms with Gasteiger partial charge in [-0.3, -0.25) is 4.79 Å². The molecule has 1 unspecified atom stereocenters. The van der Waals surface area contributed by atoms with Gasteiger partial charge in [-0.25, -0.2) is 0 Å². The fourth-order valence-corrected chi connectivity index (χ4v) is 3.70. The molecule has 144 valence electrons. The van der Waals surface area contributed by atoms with Gasteiger partial charge in [0.2, 0.25) is 0 Å². The summed E-state index contributed by atoms with van der Waals surface area (Å²) < 4.78 is 11.7. The number of hydrogen-bond donors (Lipinski definition) is 0. The highest BCUT2D eigenvalue weighted by Crippen LogP contribution is 2.52. The van der Waals surface area contributed by atoms with E-state index < -0.39 is 5.41 Å². The molecule has 0 aromatic carbocycles. The average Bonchev–Trinajstić information content (AvgIpc) is 2.45. The van der Waals surface area contributed by atoms with E-state index >= 15 is 0 Å². The molecule has 0 saturated heterocycles. The van der Waals surface area contributed by atoms with Crippen molar-refractivity contribution >= 4 is 5.97 Å². The molecular weight excluding hydrogens is 300 g/mol. The van der Waals surface area contributed by atoms with Gasteiger partial charge in [-0.2, -0.15) is 0 Å². The van der Waals surface area contributed by atoms with Crippen molar-refractivity contribution in [1.29, 1.82) is 0 Å². The lowest BCUT2D eigenvalue weighted by Crippen LogP contribution is -2.56. The molecule has 1 atom stereocenters. The molecular formula is C21H42O3. The number of hydrogen-bond acceptors (Lipinski definition) is 3. The molecule has 3 nitrogen and oxygen atoms in total. The summed E-state index contributed by atoms with van der Waals surface area (Å²) in [5.74, 6) is 0.351. The largest absolute Gasteiger partial charge is 0.465 e. The summed E-state index contributed by atoms with van der Waals surface area (Å²) in [6.45, 7) is 20.6. The third-order valence-electron chi connectivity index (χ3n) is 5.43. The number of ether oxygens (including phenoxy) is 2. The van der Waals surface area contributed by atoms with Crippen LogP contribution in [0.25, 0.3) is 0 Å². The third-order valence-corrected chi connectivity index (χ3v) is 5.43. The first-order valence-corrected chi connectivity index (χ1v) is 9.72. The van der Waals surface area contributed by atoms with Crippen molar-refractivity contribution in [2.24, 2.45) is 22.2 Å². The Hall–Kier alpha value is -0.570. The second kappa shape index (κ2) is 9.79. The summed E-state index contributed by atoms with van der Waals surface area (Å²) in [6, 6.07) is 0. The fraction of sp³-hybridized carbons (Fsp3) is 0.952. The summed E-state index contributed by atoms with van der Waals surface area (Å²) in [6.07, 6.45) is 4.56. The Morgan fingerprint density at radius 3 is 1.88 bits per heavy atom. The molecule has 0 saturated carbocycles. The highest BCUT2D eigenvalue weighted by atomic mass is 16.5. The monoisotopic (exact) mass is 342 g/mol. The molecule has 0 fully saturated rings. The van der Waals surface area contributed by atoms with Crippen LogP contribution in [0.3, 0.4) is 0 Å². The Labute approximate surface area is 150 Å². The quantitative estimate of drug-likeness (QED) is 0.466. The zero-order valence-electron chi connectivity index (χ0n) is 17.8. The normalized spacial score (nSPS) is 14.5. The fourth-order valence-electron chi connectivity index (χ4n) is 3.70. The van der Waals surface area contributed by atoms with Crippen molar-refractivity contribution in [3.05, 3.63) is 0 Å². The molecule has 0 radical (unpaired) electrons. The third kappa shape index (κ3) is 5.75. The van der Waals surface area contributed by atoms with Crippen LogP contribution in [0.15, 0.2) is 0 Å². The van der Waals surface area contributed by atoms with Gasteiger partial charge in [-0.05, 0) is 30.1 Å². The van der Waals surface area contributed by atoms with E-state index in [0.29, 0.717) is 25.7 Å². The van der Waals surface area contributed by atoms with E-state index in [-0.39, 0.29) is 16.8 Å². The number of unbranched alkanes of at least 4 members (excludes halogenated alkanes) is 1. The zero-order chi connectivity index (χ0) is 19.0. The van der Waals surface area contributed by atoms with Crippen LogP contribution in [0, 0.1) is 22.2 Å². The highest BCUT2D eigenvalue weighted by Gasteiger charge is 2.57. The maximum Gasteiger partial charge on any atom is 0.315 e. The maximum atomic E-state index is 13.3. The molecule has 3 heteroatoms. The zero-order valence-corrected chi connectivity index (χ0v) is 17.8. The van der Waals surface area contributed by atoms with Crippen molar-refractivity contribution in [2.45, 2.75) is 88.0 Å². The highest BCUT2D eigenvalue weighted by molar-refractivity contribution is 5.79. The van der Waals surface area contributed by atoms with Gasteiger partial charge < -0.3 is 9.47 Å². The molecule has 0 aliphatic carbocycles. The molecule has 0 amide bonds. The number of carbonyl (C=O) groups excluding carboxylic acids is 1. The Kier molecular flexibility index (Phi) is 9.56. The summed E-state index contributed by atoms with van der Waals surface area (Å²) in [7, 11) is 0. The second-order valence-corrected chi connectivity index (χ2v) is 9.06. The van der Waals surface area contributed by atoms with Gasteiger partial charge in [-0.1, -0.05) is 74.7 Å². The molecule has 0 rings (SSSR count). The number of carbonyl (C=O) groups is 1. The van der Waals surface area contributed by atoms with E-state index in [1.165, 1.54) is 12.8 Å². The van der Waals surface area contributed by atoms with E-state index in [9.17, 15) is 4.79 Å². The van der Waals surface area contributed by atoms with Crippen LogP contribution in [0.2, 0.25) is 0 Å². The maximum absolute atomic E-state index is 13.3. The predicted molar refractivity (Wildman–Crippen MR) is 102 cm³/mol. The predicted octanol–water partition coefficient (Wildman–Crippen LogP) is 5.86. The van der Waals surface area contributed by atoms with Crippen LogP contribution in [0.5, 0.6) is 0 Å². The molecule has 0 aromatic heterocycles. The van der Waals surface area contributed by atoms with Crippen LogP contribution in [-0.4, -0.2) is 25.8 Å². The summed E-state index contributed by atoms with van der Waals surface area (Å²) in [4.78, 5) is 13.3. The molecule has 0 aliphatic rings.